The molecule has 1 atom stereocenters. The molecule has 1 spiro atoms. The van der Waals surface area contributed by atoms with E-state index < -0.39 is 11.6 Å². The lowest BCUT2D eigenvalue weighted by atomic mass is 9.96. The van der Waals surface area contributed by atoms with E-state index in [9.17, 15) is 9.18 Å². The van der Waals surface area contributed by atoms with E-state index in [1.54, 1.807) is 6.07 Å². The van der Waals surface area contributed by atoms with Crippen LogP contribution in [0.5, 0.6) is 5.75 Å². The number of phenols is 1. The SMILES string of the molecule is O=C(Cc1ccc(O)c(F)c1)NC1COC2(CCCC2)C1. The summed E-state index contributed by atoms with van der Waals surface area (Å²) >= 11 is 0. The van der Waals surface area contributed by atoms with Crippen molar-refractivity contribution in [2.45, 2.75) is 50.2 Å². The van der Waals surface area contributed by atoms with Crippen LogP contribution in [0.3, 0.4) is 0 Å². The second-order valence-electron chi connectivity index (χ2n) is 6.13. The highest BCUT2D eigenvalue weighted by molar-refractivity contribution is 5.79. The van der Waals surface area contributed by atoms with Gasteiger partial charge in [0.25, 0.3) is 0 Å². The predicted octanol–water partition coefficient (Wildman–Crippen LogP) is 2.29. The number of carbonyl (C=O) groups is 1. The Labute approximate surface area is 123 Å². The number of benzene rings is 1. The van der Waals surface area contributed by atoms with E-state index in [0.29, 0.717) is 12.2 Å². The van der Waals surface area contributed by atoms with E-state index in [-0.39, 0.29) is 24.0 Å². The van der Waals surface area contributed by atoms with Crippen molar-refractivity contribution in [3.63, 3.8) is 0 Å². The molecule has 1 aromatic rings. The molecule has 4 nitrogen and oxygen atoms in total. The average Bonchev–Trinajstić information content (AvgIpc) is 3.05. The zero-order valence-corrected chi connectivity index (χ0v) is 11.9. The summed E-state index contributed by atoms with van der Waals surface area (Å²) in [5, 5.41) is 12.1. The Balaban J connectivity index is 1.53. The van der Waals surface area contributed by atoms with Crippen molar-refractivity contribution in [3.05, 3.63) is 29.6 Å². The first-order valence-corrected chi connectivity index (χ1v) is 7.47. The number of amides is 1. The molecule has 114 valence electrons. The maximum absolute atomic E-state index is 13.2. The smallest absolute Gasteiger partial charge is 0.224 e. The zero-order valence-electron chi connectivity index (χ0n) is 11.9. The Hall–Kier alpha value is -1.62. The van der Waals surface area contributed by atoms with Crippen molar-refractivity contribution < 1.29 is 19.0 Å². The number of nitrogens with one attached hydrogen (secondary N) is 1. The minimum atomic E-state index is -0.700. The summed E-state index contributed by atoms with van der Waals surface area (Å²) < 4.78 is 19.1. The van der Waals surface area contributed by atoms with Gasteiger partial charge in [-0.05, 0) is 37.0 Å². The van der Waals surface area contributed by atoms with Crippen LogP contribution in [0.15, 0.2) is 18.2 Å². The molecule has 1 heterocycles. The molecule has 1 unspecified atom stereocenters. The van der Waals surface area contributed by atoms with Gasteiger partial charge in [0.05, 0.1) is 24.7 Å². The van der Waals surface area contributed by atoms with Gasteiger partial charge in [-0.2, -0.15) is 0 Å². The van der Waals surface area contributed by atoms with Crippen LogP contribution in [0.4, 0.5) is 4.39 Å². The fourth-order valence-electron chi connectivity index (χ4n) is 3.43. The first-order valence-electron chi connectivity index (χ1n) is 7.47. The van der Waals surface area contributed by atoms with Crippen LogP contribution >= 0.6 is 0 Å². The third kappa shape index (κ3) is 3.18. The van der Waals surface area contributed by atoms with Crippen LogP contribution in [0.25, 0.3) is 0 Å². The van der Waals surface area contributed by atoms with Gasteiger partial charge >= 0.3 is 0 Å². The van der Waals surface area contributed by atoms with Crippen LogP contribution in [0.2, 0.25) is 0 Å². The quantitative estimate of drug-likeness (QED) is 0.899. The molecule has 2 fully saturated rings. The van der Waals surface area contributed by atoms with Gasteiger partial charge in [0.2, 0.25) is 5.91 Å². The van der Waals surface area contributed by atoms with Gasteiger partial charge in [-0.25, -0.2) is 4.39 Å². The topological polar surface area (TPSA) is 58.6 Å². The average molecular weight is 293 g/mol. The molecule has 3 rings (SSSR count). The third-order valence-electron chi connectivity index (χ3n) is 4.47. The number of halogens is 1. The van der Waals surface area contributed by atoms with Gasteiger partial charge in [-0.3, -0.25) is 4.79 Å². The highest BCUT2D eigenvalue weighted by Crippen LogP contribution is 2.40. The van der Waals surface area contributed by atoms with Gasteiger partial charge < -0.3 is 15.2 Å². The van der Waals surface area contributed by atoms with Crippen LogP contribution in [-0.2, 0) is 16.0 Å². The van der Waals surface area contributed by atoms with E-state index in [0.717, 1.165) is 19.3 Å². The lowest BCUT2D eigenvalue weighted by Crippen LogP contribution is -2.37. The van der Waals surface area contributed by atoms with Crippen LogP contribution < -0.4 is 5.32 Å². The molecule has 1 amide bonds. The fraction of sp³-hybridized carbons (Fsp3) is 0.562. The van der Waals surface area contributed by atoms with Crippen molar-refractivity contribution in [3.8, 4) is 5.75 Å². The standard InChI is InChI=1S/C16H20FNO3/c17-13-7-11(3-4-14(13)19)8-15(20)18-12-9-16(21-10-12)5-1-2-6-16/h3-4,7,12,19H,1-2,5-6,8-10H2,(H,18,20). The number of rotatable bonds is 3. The first kappa shape index (κ1) is 14.3. The van der Waals surface area contributed by atoms with Gasteiger partial charge in [0.15, 0.2) is 11.6 Å². The molecule has 21 heavy (non-hydrogen) atoms. The largest absolute Gasteiger partial charge is 0.505 e. The third-order valence-corrected chi connectivity index (χ3v) is 4.47. The van der Waals surface area contributed by atoms with Crippen molar-refractivity contribution in [1.29, 1.82) is 0 Å². The maximum Gasteiger partial charge on any atom is 0.224 e. The molecule has 1 saturated heterocycles. The van der Waals surface area contributed by atoms with E-state index in [4.69, 9.17) is 9.84 Å². The minimum absolute atomic E-state index is 0.0113. The first-order chi connectivity index (χ1) is 10.1. The van der Waals surface area contributed by atoms with Crippen molar-refractivity contribution in [2.75, 3.05) is 6.61 Å². The van der Waals surface area contributed by atoms with Gasteiger partial charge in [-0.1, -0.05) is 18.9 Å². The predicted molar refractivity (Wildman–Crippen MR) is 75.5 cm³/mol. The molecule has 0 bridgehead atoms. The molecule has 0 radical (unpaired) electrons. The molecule has 5 heteroatoms. The van der Waals surface area contributed by atoms with Crippen molar-refractivity contribution >= 4 is 5.91 Å². The van der Waals surface area contributed by atoms with Gasteiger partial charge in [0, 0.05) is 0 Å². The fourth-order valence-corrected chi connectivity index (χ4v) is 3.43. The highest BCUT2D eigenvalue weighted by Gasteiger charge is 2.42. The molecule has 1 aliphatic heterocycles. The Morgan fingerprint density at radius 1 is 1.43 bits per heavy atom. The molecule has 1 aliphatic carbocycles. The van der Waals surface area contributed by atoms with E-state index >= 15 is 0 Å². The van der Waals surface area contributed by atoms with Crippen molar-refractivity contribution in [1.82, 2.24) is 5.32 Å². The Morgan fingerprint density at radius 2 is 2.19 bits per heavy atom. The highest BCUT2D eigenvalue weighted by atomic mass is 19.1. The number of phenolic OH excluding ortho intramolecular Hbond substituents is 1. The van der Waals surface area contributed by atoms with Gasteiger partial charge in [-0.15, -0.1) is 0 Å². The Bertz CT molecular complexity index is 540. The van der Waals surface area contributed by atoms with Crippen LogP contribution in [0, 0.1) is 5.82 Å². The maximum atomic E-state index is 13.2. The molecule has 1 aromatic carbocycles. The summed E-state index contributed by atoms with van der Waals surface area (Å²) in [6, 6.07) is 4.07. The monoisotopic (exact) mass is 293 g/mol. The summed E-state index contributed by atoms with van der Waals surface area (Å²) in [6.45, 7) is 0.565. The molecule has 0 aromatic heterocycles. The molecular formula is C16H20FNO3. The summed E-state index contributed by atoms with van der Waals surface area (Å²) in [5.41, 5.74) is 0.542. The second-order valence-corrected chi connectivity index (χ2v) is 6.13. The van der Waals surface area contributed by atoms with E-state index in [2.05, 4.69) is 5.32 Å². The zero-order chi connectivity index (χ0) is 14.9. The summed E-state index contributed by atoms with van der Waals surface area (Å²) in [6.07, 6.45) is 5.56. The molecular weight excluding hydrogens is 273 g/mol. The normalized spacial score (nSPS) is 23.6. The number of carbonyl (C=O) groups excluding carboxylic acids is 1. The Morgan fingerprint density at radius 3 is 2.90 bits per heavy atom. The summed E-state index contributed by atoms with van der Waals surface area (Å²) in [4.78, 5) is 12.0. The molecule has 2 N–H and O–H groups in total. The lowest BCUT2D eigenvalue weighted by Gasteiger charge is -2.21. The summed E-state index contributed by atoms with van der Waals surface area (Å²) in [7, 11) is 0. The molecule has 1 saturated carbocycles. The molecule has 2 aliphatic rings. The van der Waals surface area contributed by atoms with Gasteiger partial charge in [0.1, 0.15) is 0 Å². The van der Waals surface area contributed by atoms with E-state index in [1.165, 1.54) is 25.0 Å². The lowest BCUT2D eigenvalue weighted by molar-refractivity contribution is -0.121. The summed E-state index contributed by atoms with van der Waals surface area (Å²) in [5.74, 6) is -1.23. The number of ether oxygens (including phenoxy) is 1. The number of aromatic hydroxyl groups is 1. The minimum Gasteiger partial charge on any atom is -0.505 e. The van der Waals surface area contributed by atoms with E-state index in [1.807, 2.05) is 0 Å². The number of hydrogen-bond donors (Lipinski definition) is 2. The van der Waals surface area contributed by atoms with Crippen molar-refractivity contribution in [2.24, 2.45) is 0 Å². The van der Waals surface area contributed by atoms with Crippen LogP contribution in [-0.4, -0.2) is 29.3 Å². The second kappa shape index (κ2) is 5.64. The number of hydrogen-bond acceptors (Lipinski definition) is 3. The van der Waals surface area contributed by atoms with Crippen LogP contribution in [0.1, 0.15) is 37.7 Å². The Kier molecular flexibility index (Phi) is 3.85.